The maximum Gasteiger partial charge on any atom is 0.0844 e. The van der Waals surface area contributed by atoms with Crippen LogP contribution in [0.4, 0.5) is 0 Å². The smallest absolute Gasteiger partial charge is 0.0844 e. The van der Waals surface area contributed by atoms with Gasteiger partial charge in [0.1, 0.15) is 0 Å². The predicted octanol–water partition coefficient (Wildman–Crippen LogP) is 0.433. The average Bonchev–Trinajstić information content (AvgIpc) is 2.49. The van der Waals surface area contributed by atoms with Crippen molar-refractivity contribution in [3.8, 4) is 0 Å². The Morgan fingerprint density at radius 1 is 1.83 bits per heavy atom. The summed E-state index contributed by atoms with van der Waals surface area (Å²) in [4.78, 5) is 0. The highest BCUT2D eigenvalue weighted by molar-refractivity contribution is 5.83. The summed E-state index contributed by atoms with van der Waals surface area (Å²) in [5, 5.41) is 6.35. The van der Waals surface area contributed by atoms with E-state index in [1.165, 1.54) is 5.71 Å². The Bertz CT molecular complexity index is 209. The monoisotopic (exact) mass is 168 g/mol. The number of nitrogens with two attached hydrogens (primary N) is 1. The molecule has 12 heavy (non-hydrogen) atoms. The van der Waals surface area contributed by atoms with Gasteiger partial charge in [-0.15, -0.1) is 0 Å². The van der Waals surface area contributed by atoms with Crippen molar-refractivity contribution in [3.05, 3.63) is 12.3 Å². The molecular formula is C8H16N4. The molecule has 3 N–H and O–H groups in total. The van der Waals surface area contributed by atoms with Crippen LogP contribution in [0.25, 0.3) is 0 Å². The van der Waals surface area contributed by atoms with Crippen LogP contribution in [0.3, 0.4) is 0 Å². The van der Waals surface area contributed by atoms with Crippen LogP contribution < -0.4 is 11.3 Å². The van der Waals surface area contributed by atoms with Gasteiger partial charge in [0.25, 0.3) is 0 Å². The van der Waals surface area contributed by atoms with Crippen LogP contribution in [0.15, 0.2) is 17.4 Å². The van der Waals surface area contributed by atoms with Gasteiger partial charge >= 0.3 is 0 Å². The number of nitrogens with one attached hydrogen (secondary N) is 1. The molecule has 0 amide bonds. The first-order chi connectivity index (χ1) is 5.65. The van der Waals surface area contributed by atoms with Gasteiger partial charge in [0.05, 0.1) is 6.04 Å². The standard InChI is InChI=1S/C8H16N4/c1-6-4-5-12(11-6)8(3)7(2)10-9/h8,10H,2,4-5,9H2,1,3H3. The topological polar surface area (TPSA) is 53.6 Å². The summed E-state index contributed by atoms with van der Waals surface area (Å²) in [5.41, 5.74) is 4.52. The summed E-state index contributed by atoms with van der Waals surface area (Å²) in [6, 6.07) is 0.174. The van der Waals surface area contributed by atoms with Crippen molar-refractivity contribution in [2.45, 2.75) is 26.3 Å². The fraction of sp³-hybridized carbons (Fsp3) is 0.625. The van der Waals surface area contributed by atoms with Crippen LogP contribution in [0, 0.1) is 0 Å². The summed E-state index contributed by atoms with van der Waals surface area (Å²) in [5.74, 6) is 5.25. The second kappa shape index (κ2) is 3.58. The maximum absolute atomic E-state index is 5.25. The molecule has 1 aliphatic rings. The number of hydrazone groups is 1. The molecule has 0 spiro atoms. The fourth-order valence-electron chi connectivity index (χ4n) is 1.18. The molecule has 0 aromatic rings. The minimum Gasteiger partial charge on any atom is -0.327 e. The quantitative estimate of drug-likeness (QED) is 0.475. The van der Waals surface area contributed by atoms with Gasteiger partial charge < -0.3 is 5.43 Å². The van der Waals surface area contributed by atoms with Crippen LogP contribution in [0.2, 0.25) is 0 Å². The number of hydrazine groups is 1. The van der Waals surface area contributed by atoms with E-state index in [0.717, 1.165) is 18.7 Å². The highest BCUT2D eigenvalue weighted by atomic mass is 15.5. The fourth-order valence-corrected chi connectivity index (χ4v) is 1.18. The highest BCUT2D eigenvalue weighted by Crippen LogP contribution is 2.13. The molecule has 68 valence electrons. The van der Waals surface area contributed by atoms with E-state index in [2.05, 4.69) is 17.1 Å². The zero-order valence-corrected chi connectivity index (χ0v) is 7.67. The number of hydrogen-bond donors (Lipinski definition) is 2. The van der Waals surface area contributed by atoms with Crippen molar-refractivity contribution in [1.29, 1.82) is 0 Å². The Labute approximate surface area is 73.1 Å². The van der Waals surface area contributed by atoms with Crippen molar-refractivity contribution in [1.82, 2.24) is 10.4 Å². The third kappa shape index (κ3) is 1.76. The summed E-state index contributed by atoms with van der Waals surface area (Å²) < 4.78 is 0. The first-order valence-electron chi connectivity index (χ1n) is 4.11. The molecule has 4 nitrogen and oxygen atoms in total. The van der Waals surface area contributed by atoms with Crippen molar-refractivity contribution in [3.63, 3.8) is 0 Å². The van der Waals surface area contributed by atoms with Gasteiger partial charge in [-0.05, 0) is 13.8 Å². The summed E-state index contributed by atoms with van der Waals surface area (Å²) >= 11 is 0. The Kier molecular flexibility index (Phi) is 2.70. The molecule has 1 rings (SSSR count). The molecule has 0 radical (unpaired) electrons. The van der Waals surface area contributed by atoms with Gasteiger partial charge in [0.2, 0.25) is 0 Å². The largest absolute Gasteiger partial charge is 0.327 e. The normalized spacial score (nSPS) is 18.9. The molecule has 1 aliphatic heterocycles. The van der Waals surface area contributed by atoms with Gasteiger partial charge in [-0.1, -0.05) is 6.58 Å². The Hall–Kier alpha value is -1.03. The summed E-state index contributed by atoms with van der Waals surface area (Å²) in [7, 11) is 0. The molecule has 0 saturated heterocycles. The van der Waals surface area contributed by atoms with Crippen LogP contribution in [0.1, 0.15) is 20.3 Å². The van der Waals surface area contributed by atoms with E-state index in [9.17, 15) is 0 Å². The zero-order valence-electron chi connectivity index (χ0n) is 7.67. The van der Waals surface area contributed by atoms with Gasteiger partial charge in [0.15, 0.2) is 0 Å². The molecule has 1 unspecified atom stereocenters. The molecule has 0 bridgehead atoms. The van der Waals surface area contributed by atoms with E-state index in [1.54, 1.807) is 0 Å². The van der Waals surface area contributed by atoms with Crippen LogP contribution in [-0.4, -0.2) is 23.3 Å². The second-order valence-electron chi connectivity index (χ2n) is 3.09. The predicted molar refractivity (Wildman–Crippen MR) is 50.4 cm³/mol. The third-order valence-electron chi connectivity index (χ3n) is 2.14. The SMILES string of the molecule is C=C(NN)C(C)N1CCC(C)=N1. The highest BCUT2D eigenvalue weighted by Gasteiger charge is 2.18. The molecule has 0 saturated carbocycles. The van der Waals surface area contributed by atoms with Crippen molar-refractivity contribution >= 4 is 5.71 Å². The van der Waals surface area contributed by atoms with Crippen LogP contribution in [0.5, 0.6) is 0 Å². The first kappa shape index (κ1) is 9.06. The van der Waals surface area contributed by atoms with E-state index in [0.29, 0.717) is 0 Å². The number of hydrogen-bond acceptors (Lipinski definition) is 4. The van der Waals surface area contributed by atoms with Crippen molar-refractivity contribution in [2.75, 3.05) is 6.54 Å². The molecule has 0 aliphatic carbocycles. The lowest BCUT2D eigenvalue weighted by molar-refractivity contribution is 0.263. The van der Waals surface area contributed by atoms with Gasteiger partial charge in [-0.2, -0.15) is 5.10 Å². The number of rotatable bonds is 3. The van der Waals surface area contributed by atoms with Gasteiger partial charge in [-0.25, -0.2) is 0 Å². The summed E-state index contributed by atoms with van der Waals surface area (Å²) in [6.45, 7) is 8.83. The Morgan fingerprint density at radius 2 is 2.50 bits per heavy atom. The van der Waals surface area contributed by atoms with E-state index in [-0.39, 0.29) is 6.04 Å². The van der Waals surface area contributed by atoms with E-state index < -0.39 is 0 Å². The molecule has 0 fully saturated rings. The van der Waals surface area contributed by atoms with E-state index >= 15 is 0 Å². The Morgan fingerprint density at radius 3 is 2.92 bits per heavy atom. The average molecular weight is 168 g/mol. The minimum absolute atomic E-state index is 0.174. The number of nitrogens with zero attached hydrogens (tertiary/aromatic N) is 2. The van der Waals surface area contributed by atoms with Crippen LogP contribution >= 0.6 is 0 Å². The molecule has 0 aromatic carbocycles. The molecular weight excluding hydrogens is 152 g/mol. The molecule has 4 heteroatoms. The summed E-state index contributed by atoms with van der Waals surface area (Å²) in [6.07, 6.45) is 1.04. The lowest BCUT2D eigenvalue weighted by atomic mass is 10.2. The van der Waals surface area contributed by atoms with Gasteiger partial charge in [0, 0.05) is 24.4 Å². The molecule has 1 atom stereocenters. The minimum atomic E-state index is 0.174. The molecule has 0 aromatic heterocycles. The lowest BCUT2D eigenvalue weighted by Gasteiger charge is -2.23. The maximum atomic E-state index is 5.25. The van der Waals surface area contributed by atoms with Crippen molar-refractivity contribution < 1.29 is 0 Å². The first-order valence-corrected chi connectivity index (χ1v) is 4.11. The van der Waals surface area contributed by atoms with E-state index in [1.807, 2.05) is 18.9 Å². The second-order valence-corrected chi connectivity index (χ2v) is 3.09. The lowest BCUT2D eigenvalue weighted by Crippen LogP contribution is -2.36. The van der Waals surface area contributed by atoms with E-state index in [4.69, 9.17) is 5.84 Å². The van der Waals surface area contributed by atoms with Gasteiger partial charge in [-0.3, -0.25) is 10.9 Å². The third-order valence-corrected chi connectivity index (χ3v) is 2.14. The van der Waals surface area contributed by atoms with Crippen LogP contribution in [-0.2, 0) is 0 Å². The molecule has 1 heterocycles. The Balaban J connectivity index is 2.54. The van der Waals surface area contributed by atoms with Crippen molar-refractivity contribution in [2.24, 2.45) is 10.9 Å². The zero-order chi connectivity index (χ0) is 9.14.